The van der Waals surface area contributed by atoms with Crippen LogP contribution in [0.25, 0.3) is 114 Å². The minimum absolute atomic E-state index is 1.12. The van der Waals surface area contributed by atoms with Crippen molar-refractivity contribution in [3.8, 4) is 28.2 Å². The van der Waals surface area contributed by atoms with Crippen molar-refractivity contribution in [2.75, 3.05) is 0 Å². The third-order valence-electron chi connectivity index (χ3n) is 16.4. The van der Waals surface area contributed by atoms with E-state index in [4.69, 9.17) is 0 Å². The summed E-state index contributed by atoms with van der Waals surface area (Å²) < 4.78 is 10.1. The van der Waals surface area contributed by atoms with E-state index in [0.717, 1.165) is 17.1 Å². The Hall–Kier alpha value is -9.52. The summed E-state index contributed by atoms with van der Waals surface area (Å²) in [5, 5.41) is 15.4. The predicted octanol–water partition coefficient (Wildman–Crippen LogP) is 16.4. The van der Waals surface area contributed by atoms with Crippen molar-refractivity contribution in [3.05, 3.63) is 285 Å². The second kappa shape index (κ2) is 17.3. The maximum Gasteiger partial charge on any atom is 0.179 e. The lowest BCUT2D eigenvalue weighted by atomic mass is 9.95. The molecular formula is C72H47N3SSi. The van der Waals surface area contributed by atoms with E-state index in [-0.39, 0.29) is 0 Å². The fraction of sp³-hybridized carbons (Fsp3) is 0. The molecule has 77 heavy (non-hydrogen) atoms. The first-order valence-corrected chi connectivity index (χ1v) is 29.3. The molecule has 0 saturated heterocycles. The lowest BCUT2D eigenvalue weighted by molar-refractivity contribution is 1.16. The molecule has 360 valence electrons. The van der Waals surface area contributed by atoms with Gasteiger partial charge in [0, 0.05) is 69.6 Å². The van der Waals surface area contributed by atoms with Gasteiger partial charge in [-0.2, -0.15) is 0 Å². The fourth-order valence-corrected chi connectivity index (χ4v) is 19.1. The van der Waals surface area contributed by atoms with Crippen LogP contribution in [0.4, 0.5) is 0 Å². The van der Waals surface area contributed by atoms with Crippen molar-refractivity contribution in [2.24, 2.45) is 0 Å². The van der Waals surface area contributed by atoms with E-state index in [2.05, 4.69) is 299 Å². The van der Waals surface area contributed by atoms with E-state index in [1.807, 2.05) is 11.3 Å². The molecule has 16 rings (SSSR count). The number of thiophene rings is 1. The molecule has 0 saturated carbocycles. The second-order valence-electron chi connectivity index (χ2n) is 20.3. The molecule has 0 aliphatic heterocycles. The van der Waals surface area contributed by atoms with Gasteiger partial charge in [0.15, 0.2) is 8.07 Å². The van der Waals surface area contributed by atoms with Gasteiger partial charge < -0.3 is 13.7 Å². The lowest BCUT2D eigenvalue weighted by Crippen LogP contribution is -2.74. The highest BCUT2D eigenvalue weighted by Crippen LogP contribution is 2.46. The van der Waals surface area contributed by atoms with Gasteiger partial charge in [0.2, 0.25) is 0 Å². The quantitative estimate of drug-likeness (QED) is 0.106. The topological polar surface area (TPSA) is 14.8 Å². The van der Waals surface area contributed by atoms with Gasteiger partial charge >= 0.3 is 0 Å². The van der Waals surface area contributed by atoms with Crippen LogP contribution < -0.4 is 20.7 Å². The molecule has 4 heterocycles. The highest BCUT2D eigenvalue weighted by molar-refractivity contribution is 7.26. The molecule has 0 spiro atoms. The van der Waals surface area contributed by atoms with Gasteiger partial charge in [0.1, 0.15) is 0 Å². The SMILES string of the molecule is c1ccc([Si](c2ccccc2)(c2ccccc2)c2cccc(-n3c4ccccc4c4cc(-n5c6ccc(-n7c8ccccc8c8ccccc87)cc6c6c(-c7cccc8sc9ccccc9c78)cccc65)ccc43)c2)cc1. The Kier molecular flexibility index (Phi) is 9.83. The largest absolute Gasteiger partial charge is 0.309 e. The number of rotatable bonds is 8. The van der Waals surface area contributed by atoms with E-state index in [1.165, 1.54) is 117 Å². The number of nitrogens with zero attached hydrogens (tertiary/aromatic N) is 3. The zero-order valence-corrected chi connectivity index (χ0v) is 43.7. The van der Waals surface area contributed by atoms with Crippen LogP contribution in [0, 0.1) is 0 Å². The van der Waals surface area contributed by atoms with E-state index >= 15 is 0 Å². The Bertz CT molecular complexity index is 4840. The summed E-state index contributed by atoms with van der Waals surface area (Å²) in [6.45, 7) is 0. The van der Waals surface area contributed by atoms with Crippen LogP contribution in [0.5, 0.6) is 0 Å². The minimum atomic E-state index is -2.80. The van der Waals surface area contributed by atoms with E-state index in [9.17, 15) is 0 Å². The van der Waals surface area contributed by atoms with Crippen molar-refractivity contribution in [1.82, 2.24) is 13.7 Å². The first kappa shape index (κ1) is 43.8. The van der Waals surface area contributed by atoms with Crippen LogP contribution >= 0.6 is 11.3 Å². The van der Waals surface area contributed by atoms with Gasteiger partial charge in [0.05, 0.1) is 33.1 Å². The molecule has 3 nitrogen and oxygen atoms in total. The maximum atomic E-state index is 2.52. The molecule has 0 fully saturated rings. The van der Waals surface area contributed by atoms with Crippen LogP contribution in [0.3, 0.4) is 0 Å². The molecule has 0 amide bonds. The van der Waals surface area contributed by atoms with Crippen molar-refractivity contribution in [2.45, 2.75) is 0 Å². The highest BCUT2D eigenvalue weighted by atomic mass is 32.1. The van der Waals surface area contributed by atoms with Gasteiger partial charge in [0.25, 0.3) is 0 Å². The Morgan fingerprint density at radius 3 is 1.22 bits per heavy atom. The summed E-state index contributed by atoms with van der Waals surface area (Å²) in [5.74, 6) is 0. The molecule has 5 heteroatoms. The molecule has 0 atom stereocenters. The third-order valence-corrected chi connectivity index (χ3v) is 22.3. The fourth-order valence-electron chi connectivity index (χ4n) is 13.2. The second-order valence-corrected chi connectivity index (χ2v) is 25.2. The van der Waals surface area contributed by atoms with Crippen LogP contribution in [0.15, 0.2) is 285 Å². The number of aromatic nitrogens is 3. The molecule has 0 radical (unpaired) electrons. The number of para-hydroxylation sites is 3. The van der Waals surface area contributed by atoms with Crippen molar-refractivity contribution >= 4 is 126 Å². The molecule has 0 unspecified atom stereocenters. The summed E-state index contributed by atoms with van der Waals surface area (Å²) >= 11 is 1.88. The third kappa shape index (κ3) is 6.48. The summed E-state index contributed by atoms with van der Waals surface area (Å²) in [6.07, 6.45) is 0. The monoisotopic (exact) mass is 1010 g/mol. The van der Waals surface area contributed by atoms with Crippen LogP contribution in [-0.4, -0.2) is 21.8 Å². The van der Waals surface area contributed by atoms with Crippen molar-refractivity contribution in [3.63, 3.8) is 0 Å². The van der Waals surface area contributed by atoms with Crippen LogP contribution in [0.2, 0.25) is 0 Å². The van der Waals surface area contributed by atoms with Gasteiger partial charge in [-0.25, -0.2) is 0 Å². The van der Waals surface area contributed by atoms with Gasteiger partial charge in [-0.3, -0.25) is 0 Å². The Labute approximate surface area is 450 Å². The van der Waals surface area contributed by atoms with Crippen molar-refractivity contribution < 1.29 is 0 Å². The molecule has 0 N–H and O–H groups in total. The summed E-state index contributed by atoms with van der Waals surface area (Å²) in [7, 11) is -2.80. The van der Waals surface area contributed by atoms with Gasteiger partial charge in [-0.05, 0) is 117 Å². The normalized spacial score (nSPS) is 12.2. The van der Waals surface area contributed by atoms with E-state index in [1.54, 1.807) is 0 Å². The number of fused-ring (bicyclic) bond motifs is 12. The highest BCUT2D eigenvalue weighted by Gasteiger charge is 2.41. The first-order valence-electron chi connectivity index (χ1n) is 26.5. The zero-order chi connectivity index (χ0) is 50.6. The maximum absolute atomic E-state index is 2.80. The minimum Gasteiger partial charge on any atom is -0.309 e. The molecule has 0 aliphatic rings. The van der Waals surface area contributed by atoms with E-state index < -0.39 is 8.07 Å². The Morgan fingerprint density at radius 2 is 0.623 bits per heavy atom. The van der Waals surface area contributed by atoms with Crippen LogP contribution in [0.1, 0.15) is 0 Å². The van der Waals surface area contributed by atoms with Gasteiger partial charge in [-0.1, -0.05) is 200 Å². The smallest absolute Gasteiger partial charge is 0.179 e. The van der Waals surface area contributed by atoms with E-state index in [0.29, 0.717) is 0 Å². The number of hydrogen-bond acceptors (Lipinski definition) is 1. The van der Waals surface area contributed by atoms with Crippen LogP contribution in [-0.2, 0) is 0 Å². The Balaban J connectivity index is 0.942. The molecule has 12 aromatic carbocycles. The molecule has 4 aromatic heterocycles. The molecule has 0 aliphatic carbocycles. The zero-order valence-electron chi connectivity index (χ0n) is 41.9. The summed E-state index contributed by atoms with van der Waals surface area (Å²) in [6, 6.07) is 107. The summed E-state index contributed by atoms with van der Waals surface area (Å²) in [5.41, 5.74) is 13.0. The number of hydrogen-bond donors (Lipinski definition) is 0. The average Bonchev–Trinajstić information content (AvgIpc) is 4.32. The average molecular weight is 1010 g/mol. The number of benzene rings is 12. The standard InChI is InChI=1S/C72H47N3SSi/c1-4-22-51(23-5-1)77(52-24-6-2-7-25-52,53-26-8-3-9-27-53)54-28-18-21-48(45-54)73-65-37-16-12-31-57(65)61-46-49(41-43-66(61)73)75-67-44-42-50(74-63-35-14-10-29-55(63)56-30-11-15-36-64(56)74)47-62(67)71-58(33-19-38-68(71)75)59-34-20-40-70-72(59)60-32-13-17-39-69(60)76-70/h1-47H. The lowest BCUT2D eigenvalue weighted by Gasteiger charge is -2.34. The molecular weight excluding hydrogens is 967 g/mol. The van der Waals surface area contributed by atoms with Gasteiger partial charge in [-0.15, -0.1) is 11.3 Å². The Morgan fingerprint density at radius 1 is 0.234 bits per heavy atom. The molecule has 0 bridgehead atoms. The first-order chi connectivity index (χ1) is 38.2. The molecule has 16 aromatic rings. The predicted molar refractivity (Wildman–Crippen MR) is 331 cm³/mol. The summed E-state index contributed by atoms with van der Waals surface area (Å²) in [4.78, 5) is 0. The van der Waals surface area contributed by atoms with Crippen molar-refractivity contribution in [1.29, 1.82) is 0 Å².